The number of carbonyl (C=O) groups excluding carboxylic acids is 2. The Hall–Kier alpha value is -3.14. The second kappa shape index (κ2) is 7.47. The Kier molecular flexibility index (Phi) is 4.86. The zero-order valence-electron chi connectivity index (χ0n) is 14.9. The lowest BCUT2D eigenvalue weighted by molar-refractivity contribution is 0.0520. The number of benzene rings is 1. The van der Waals surface area contributed by atoms with Crippen LogP contribution >= 0.6 is 11.5 Å². The van der Waals surface area contributed by atoms with Crippen molar-refractivity contribution in [1.82, 2.24) is 19.4 Å². The van der Waals surface area contributed by atoms with E-state index in [2.05, 4.69) is 20.0 Å². The molecule has 1 aliphatic carbocycles. The van der Waals surface area contributed by atoms with E-state index in [1.165, 1.54) is 10.7 Å². The van der Waals surface area contributed by atoms with Crippen LogP contribution in [0.1, 0.15) is 45.6 Å². The highest BCUT2D eigenvalue weighted by atomic mass is 32.1. The molecule has 1 N–H and O–H groups in total. The Labute approximate surface area is 163 Å². The number of aromatic nitrogens is 4. The number of hydrogen-bond donors (Lipinski definition) is 1. The number of nitrogens with zero attached hydrogens (tertiary/aromatic N) is 4. The quantitative estimate of drug-likeness (QED) is 0.660. The number of hydrogen-bond acceptors (Lipinski definition) is 7. The number of esters is 1. The van der Waals surface area contributed by atoms with Crippen molar-refractivity contribution in [3.05, 3.63) is 52.7 Å². The third-order valence-electron chi connectivity index (χ3n) is 4.41. The first kappa shape index (κ1) is 18.2. The van der Waals surface area contributed by atoms with Crippen LogP contribution in [-0.4, -0.2) is 37.9 Å². The van der Waals surface area contributed by atoms with Crippen molar-refractivity contribution < 1.29 is 18.7 Å². The summed E-state index contributed by atoms with van der Waals surface area (Å²) < 4.78 is 24.4. The van der Waals surface area contributed by atoms with E-state index in [0.29, 0.717) is 18.5 Å². The molecule has 0 aliphatic heterocycles. The van der Waals surface area contributed by atoms with Gasteiger partial charge in [-0.15, -0.1) is 5.10 Å². The predicted octanol–water partition coefficient (Wildman–Crippen LogP) is 2.78. The summed E-state index contributed by atoms with van der Waals surface area (Å²) >= 11 is 0.877. The minimum atomic E-state index is -0.659. The van der Waals surface area contributed by atoms with E-state index in [9.17, 15) is 14.0 Å². The number of halogens is 1. The third kappa shape index (κ3) is 3.15. The summed E-state index contributed by atoms with van der Waals surface area (Å²) in [6, 6.07) is 6.29. The number of fused-ring (bicyclic) bond motifs is 1. The van der Waals surface area contributed by atoms with Gasteiger partial charge in [-0.1, -0.05) is 16.6 Å². The highest BCUT2D eigenvalue weighted by molar-refractivity contribution is 7.10. The molecule has 0 saturated heterocycles. The van der Waals surface area contributed by atoms with E-state index in [0.717, 1.165) is 29.2 Å². The Bertz CT molecular complexity index is 1060. The summed E-state index contributed by atoms with van der Waals surface area (Å²) in [5.41, 5.74) is 2.06. The first-order valence-electron chi connectivity index (χ1n) is 8.76. The number of carbonyl (C=O) groups is 2. The van der Waals surface area contributed by atoms with Crippen LogP contribution in [0.25, 0.3) is 5.69 Å². The molecule has 0 radical (unpaired) electrons. The Balaban J connectivity index is 1.67. The lowest BCUT2D eigenvalue weighted by atomic mass is 10.2. The minimum absolute atomic E-state index is 0.0506. The van der Waals surface area contributed by atoms with Crippen LogP contribution in [0, 0.1) is 5.82 Å². The summed E-state index contributed by atoms with van der Waals surface area (Å²) in [4.78, 5) is 24.8. The summed E-state index contributed by atoms with van der Waals surface area (Å²) in [6.45, 7) is 1.86. The molecule has 0 unspecified atom stereocenters. The van der Waals surface area contributed by atoms with Gasteiger partial charge >= 0.3 is 5.97 Å². The van der Waals surface area contributed by atoms with Crippen LogP contribution in [0.2, 0.25) is 0 Å². The van der Waals surface area contributed by atoms with Crippen LogP contribution in [0.15, 0.2) is 24.3 Å². The monoisotopic (exact) mass is 401 g/mol. The zero-order chi connectivity index (χ0) is 19.7. The van der Waals surface area contributed by atoms with Crippen LogP contribution in [0.4, 0.5) is 9.39 Å². The number of amides is 1. The van der Waals surface area contributed by atoms with Crippen molar-refractivity contribution in [2.24, 2.45) is 0 Å². The molecule has 0 saturated carbocycles. The third-order valence-corrected chi connectivity index (χ3v) is 5.05. The minimum Gasteiger partial charge on any atom is -0.461 e. The van der Waals surface area contributed by atoms with Gasteiger partial charge in [-0.3, -0.25) is 4.79 Å². The molecule has 1 amide bonds. The summed E-state index contributed by atoms with van der Waals surface area (Å²) in [6.07, 6.45) is 2.25. The topological polar surface area (TPSA) is 99.0 Å². The van der Waals surface area contributed by atoms with Crippen molar-refractivity contribution >= 4 is 28.4 Å². The summed E-state index contributed by atoms with van der Waals surface area (Å²) in [7, 11) is 0. The number of nitrogens with one attached hydrogen (secondary N) is 1. The van der Waals surface area contributed by atoms with Crippen LogP contribution in [0.5, 0.6) is 0 Å². The van der Waals surface area contributed by atoms with Crippen molar-refractivity contribution in [3.8, 4) is 5.69 Å². The molecule has 0 bridgehead atoms. The van der Waals surface area contributed by atoms with Crippen molar-refractivity contribution in [1.29, 1.82) is 0 Å². The molecule has 3 aromatic rings. The first-order chi connectivity index (χ1) is 13.6. The maximum atomic E-state index is 14.2. The maximum Gasteiger partial charge on any atom is 0.362 e. The van der Waals surface area contributed by atoms with Gasteiger partial charge in [0.1, 0.15) is 11.5 Å². The Morgan fingerprint density at radius 2 is 2.11 bits per heavy atom. The fourth-order valence-electron chi connectivity index (χ4n) is 3.21. The highest BCUT2D eigenvalue weighted by Gasteiger charge is 2.29. The Morgan fingerprint density at radius 3 is 2.89 bits per heavy atom. The Morgan fingerprint density at radius 1 is 1.29 bits per heavy atom. The highest BCUT2D eigenvalue weighted by Crippen LogP contribution is 2.29. The molecule has 10 heteroatoms. The second-order valence-electron chi connectivity index (χ2n) is 6.12. The van der Waals surface area contributed by atoms with Gasteiger partial charge in [-0.05, 0) is 38.3 Å². The van der Waals surface area contributed by atoms with Crippen LogP contribution < -0.4 is 5.32 Å². The first-order valence-corrected chi connectivity index (χ1v) is 9.54. The van der Waals surface area contributed by atoms with Gasteiger partial charge in [0.25, 0.3) is 5.91 Å². The van der Waals surface area contributed by atoms with Gasteiger partial charge < -0.3 is 10.1 Å². The molecule has 8 nitrogen and oxygen atoms in total. The molecule has 0 fully saturated rings. The predicted molar refractivity (Wildman–Crippen MR) is 99.4 cm³/mol. The molecule has 2 aromatic heterocycles. The summed E-state index contributed by atoms with van der Waals surface area (Å²) in [5, 5.41) is 10.9. The molecule has 144 valence electrons. The number of para-hydroxylation sites is 1. The van der Waals surface area contributed by atoms with Gasteiger partial charge in [0.15, 0.2) is 10.7 Å². The van der Waals surface area contributed by atoms with E-state index in [-0.39, 0.29) is 23.0 Å². The molecule has 28 heavy (non-hydrogen) atoms. The lowest BCUT2D eigenvalue weighted by Gasteiger charge is -2.06. The average molecular weight is 401 g/mol. The van der Waals surface area contributed by atoms with E-state index in [1.54, 1.807) is 25.1 Å². The van der Waals surface area contributed by atoms with E-state index >= 15 is 0 Å². The molecule has 1 aromatic carbocycles. The number of rotatable bonds is 5. The fraction of sp³-hybridized carbons (Fsp3) is 0.278. The van der Waals surface area contributed by atoms with Gasteiger partial charge in [0.2, 0.25) is 5.69 Å². The van der Waals surface area contributed by atoms with Crippen LogP contribution in [0.3, 0.4) is 0 Å². The molecule has 0 spiro atoms. The summed E-state index contributed by atoms with van der Waals surface area (Å²) in [5.74, 6) is -1.57. The van der Waals surface area contributed by atoms with Gasteiger partial charge in [-0.25, -0.2) is 13.9 Å². The molecular formula is C18H16FN5O3S. The molecular weight excluding hydrogens is 385 g/mol. The number of ether oxygens (including phenoxy) is 1. The van der Waals surface area contributed by atoms with E-state index in [1.807, 2.05) is 0 Å². The van der Waals surface area contributed by atoms with E-state index in [4.69, 9.17) is 4.74 Å². The normalized spacial score (nSPS) is 12.6. The lowest BCUT2D eigenvalue weighted by Crippen LogP contribution is -2.17. The van der Waals surface area contributed by atoms with Crippen molar-refractivity contribution in [2.45, 2.75) is 26.2 Å². The van der Waals surface area contributed by atoms with Gasteiger partial charge in [0.05, 0.1) is 6.61 Å². The van der Waals surface area contributed by atoms with Crippen molar-refractivity contribution in [2.75, 3.05) is 11.9 Å². The molecule has 1 aliphatic rings. The van der Waals surface area contributed by atoms with E-state index < -0.39 is 17.7 Å². The van der Waals surface area contributed by atoms with Gasteiger partial charge in [0, 0.05) is 22.8 Å². The molecule has 2 heterocycles. The largest absolute Gasteiger partial charge is 0.461 e. The number of anilines is 1. The van der Waals surface area contributed by atoms with Crippen molar-refractivity contribution in [3.63, 3.8) is 0 Å². The van der Waals surface area contributed by atoms with Crippen LogP contribution in [-0.2, 0) is 17.6 Å². The SMILES string of the molecule is CCOC(=O)c1nnsc1NC(=O)c1nn(-c2ccccc2F)c2c1CCC2. The smallest absolute Gasteiger partial charge is 0.362 e. The fourth-order valence-corrected chi connectivity index (χ4v) is 3.76. The molecule has 4 rings (SSSR count). The molecule has 0 atom stereocenters. The maximum absolute atomic E-state index is 14.2. The van der Waals surface area contributed by atoms with Gasteiger partial charge in [-0.2, -0.15) is 5.10 Å². The average Bonchev–Trinajstić information content (AvgIpc) is 3.38. The standard InChI is InChI=1S/C18H16FN5O3S/c1-2-27-18(26)15-17(28-23-21-15)20-16(25)14-10-6-5-9-12(10)24(22-14)13-8-4-3-7-11(13)19/h3-4,7-8H,2,5-6,9H2,1H3,(H,20,25). The zero-order valence-corrected chi connectivity index (χ0v) is 15.8. The second-order valence-corrected chi connectivity index (χ2v) is 6.87.